The maximum Gasteiger partial charge on any atom is 0.255 e. The van der Waals surface area contributed by atoms with E-state index in [1.54, 1.807) is 55.6 Å². The van der Waals surface area contributed by atoms with E-state index in [4.69, 9.17) is 11.6 Å². The molecule has 0 spiro atoms. The lowest BCUT2D eigenvalue weighted by Crippen LogP contribution is -2.23. The Morgan fingerprint density at radius 1 is 1.10 bits per heavy atom. The second-order valence-corrected chi connectivity index (χ2v) is 5.03. The van der Waals surface area contributed by atoms with Gasteiger partial charge in [0.2, 0.25) is 5.91 Å². The molecule has 5 heteroatoms. The van der Waals surface area contributed by atoms with Crippen LogP contribution in [0.3, 0.4) is 0 Å². The molecule has 0 aromatic heterocycles. The fourth-order valence-corrected chi connectivity index (χ4v) is 2.00. The van der Waals surface area contributed by atoms with Crippen molar-refractivity contribution in [3.8, 4) is 0 Å². The minimum absolute atomic E-state index is 0.0756. The van der Waals surface area contributed by atoms with Crippen LogP contribution < -0.4 is 10.2 Å². The first-order chi connectivity index (χ1) is 9.97. The average Bonchev–Trinajstić information content (AvgIpc) is 2.46. The number of benzene rings is 2. The van der Waals surface area contributed by atoms with Gasteiger partial charge in [-0.2, -0.15) is 0 Å². The summed E-state index contributed by atoms with van der Waals surface area (Å²) in [7, 11) is 1.68. The van der Waals surface area contributed by atoms with E-state index < -0.39 is 0 Å². The van der Waals surface area contributed by atoms with Crippen molar-refractivity contribution >= 4 is 34.8 Å². The fourth-order valence-electron chi connectivity index (χ4n) is 1.81. The van der Waals surface area contributed by atoms with Crippen molar-refractivity contribution in [1.82, 2.24) is 0 Å². The van der Waals surface area contributed by atoms with E-state index in [0.717, 1.165) is 0 Å². The van der Waals surface area contributed by atoms with E-state index in [1.807, 2.05) is 0 Å². The number of nitrogens with one attached hydrogen (secondary N) is 1. The van der Waals surface area contributed by atoms with Crippen molar-refractivity contribution in [2.24, 2.45) is 0 Å². The number of rotatable bonds is 3. The molecule has 21 heavy (non-hydrogen) atoms. The number of amides is 2. The highest BCUT2D eigenvalue weighted by Gasteiger charge is 2.09. The molecular weight excluding hydrogens is 288 g/mol. The van der Waals surface area contributed by atoms with Crippen molar-refractivity contribution in [2.75, 3.05) is 17.3 Å². The molecule has 0 saturated heterocycles. The van der Waals surface area contributed by atoms with Crippen LogP contribution in [0.15, 0.2) is 48.5 Å². The van der Waals surface area contributed by atoms with Gasteiger partial charge < -0.3 is 10.2 Å². The zero-order valence-electron chi connectivity index (χ0n) is 11.8. The lowest BCUT2D eigenvalue weighted by molar-refractivity contribution is -0.116. The largest absolute Gasteiger partial charge is 0.322 e. The highest BCUT2D eigenvalue weighted by Crippen LogP contribution is 2.19. The fraction of sp³-hybridized carbons (Fsp3) is 0.125. The highest BCUT2D eigenvalue weighted by molar-refractivity contribution is 6.31. The number of hydrogen-bond donors (Lipinski definition) is 1. The van der Waals surface area contributed by atoms with Gasteiger partial charge in [-0.05, 0) is 36.4 Å². The molecule has 2 aromatic carbocycles. The highest BCUT2D eigenvalue weighted by atomic mass is 35.5. The summed E-state index contributed by atoms with van der Waals surface area (Å²) in [4.78, 5) is 25.0. The van der Waals surface area contributed by atoms with Gasteiger partial charge >= 0.3 is 0 Å². The minimum atomic E-state index is -0.250. The Kier molecular flexibility index (Phi) is 4.60. The normalized spacial score (nSPS) is 10.0. The SMILES string of the molecule is CC(=O)N(C)c1cccc(NC(=O)c2cccc(Cl)c2)c1. The molecule has 0 heterocycles. The van der Waals surface area contributed by atoms with Gasteiger partial charge in [0.1, 0.15) is 0 Å². The van der Waals surface area contributed by atoms with Crippen LogP contribution in [0.1, 0.15) is 17.3 Å². The van der Waals surface area contributed by atoms with Gasteiger partial charge in [0, 0.05) is 35.9 Å². The van der Waals surface area contributed by atoms with Crippen LogP contribution >= 0.6 is 11.6 Å². The standard InChI is InChI=1S/C16H15ClN2O2/c1-11(20)19(2)15-8-4-7-14(10-15)18-16(21)12-5-3-6-13(17)9-12/h3-10H,1-2H3,(H,18,21). The second kappa shape index (κ2) is 6.41. The average molecular weight is 303 g/mol. The maximum absolute atomic E-state index is 12.1. The smallest absolute Gasteiger partial charge is 0.255 e. The monoisotopic (exact) mass is 302 g/mol. The molecule has 0 unspecified atom stereocenters. The Hall–Kier alpha value is -2.33. The summed E-state index contributed by atoms with van der Waals surface area (Å²) in [5, 5.41) is 3.29. The number of anilines is 2. The van der Waals surface area contributed by atoms with Gasteiger partial charge in [-0.3, -0.25) is 9.59 Å². The second-order valence-electron chi connectivity index (χ2n) is 4.59. The Bertz CT molecular complexity index is 685. The van der Waals surface area contributed by atoms with E-state index in [2.05, 4.69) is 5.32 Å². The van der Waals surface area contributed by atoms with Gasteiger partial charge in [0.25, 0.3) is 5.91 Å². The van der Waals surface area contributed by atoms with Crippen molar-refractivity contribution in [3.05, 3.63) is 59.1 Å². The third kappa shape index (κ3) is 3.83. The molecule has 0 fully saturated rings. The van der Waals surface area contributed by atoms with Crippen LogP contribution in [0.25, 0.3) is 0 Å². The number of halogens is 1. The predicted octanol–water partition coefficient (Wildman–Crippen LogP) is 3.58. The summed E-state index contributed by atoms with van der Waals surface area (Å²) in [6.45, 7) is 1.48. The van der Waals surface area contributed by atoms with Crippen LogP contribution in [-0.4, -0.2) is 18.9 Å². The zero-order valence-corrected chi connectivity index (χ0v) is 12.5. The lowest BCUT2D eigenvalue weighted by Gasteiger charge is -2.16. The first-order valence-electron chi connectivity index (χ1n) is 6.38. The van der Waals surface area contributed by atoms with E-state index >= 15 is 0 Å². The van der Waals surface area contributed by atoms with Crippen molar-refractivity contribution in [2.45, 2.75) is 6.92 Å². The summed E-state index contributed by atoms with van der Waals surface area (Å²) >= 11 is 5.87. The Balaban J connectivity index is 2.18. The summed E-state index contributed by atoms with van der Waals surface area (Å²) in [6, 6.07) is 13.8. The first-order valence-corrected chi connectivity index (χ1v) is 6.76. The zero-order chi connectivity index (χ0) is 15.4. The molecule has 0 saturated carbocycles. The molecule has 2 amide bonds. The van der Waals surface area contributed by atoms with Crippen LogP contribution in [0, 0.1) is 0 Å². The van der Waals surface area contributed by atoms with Crippen LogP contribution in [0.5, 0.6) is 0 Å². The van der Waals surface area contributed by atoms with Crippen LogP contribution in [0.4, 0.5) is 11.4 Å². The van der Waals surface area contributed by atoms with E-state index in [9.17, 15) is 9.59 Å². The predicted molar refractivity (Wildman–Crippen MR) is 84.9 cm³/mol. The van der Waals surface area contributed by atoms with Crippen molar-refractivity contribution < 1.29 is 9.59 Å². The molecule has 2 rings (SSSR count). The summed E-state index contributed by atoms with van der Waals surface area (Å²) in [5.41, 5.74) is 1.81. The van der Waals surface area contributed by atoms with Gasteiger partial charge in [0.15, 0.2) is 0 Å². The molecule has 0 aliphatic carbocycles. The van der Waals surface area contributed by atoms with E-state index in [0.29, 0.717) is 22.0 Å². The minimum Gasteiger partial charge on any atom is -0.322 e. The Labute approximate surface area is 128 Å². The molecule has 0 radical (unpaired) electrons. The number of carbonyl (C=O) groups excluding carboxylic acids is 2. The molecule has 108 valence electrons. The molecule has 4 nitrogen and oxygen atoms in total. The summed E-state index contributed by atoms with van der Waals surface area (Å²) in [5.74, 6) is -0.326. The molecule has 0 bridgehead atoms. The Morgan fingerprint density at radius 2 is 1.81 bits per heavy atom. The van der Waals surface area contributed by atoms with E-state index in [-0.39, 0.29) is 11.8 Å². The Morgan fingerprint density at radius 3 is 2.48 bits per heavy atom. The third-order valence-electron chi connectivity index (χ3n) is 3.05. The maximum atomic E-state index is 12.1. The topological polar surface area (TPSA) is 49.4 Å². The summed E-state index contributed by atoms with van der Waals surface area (Å²) in [6.07, 6.45) is 0. The van der Waals surface area contributed by atoms with Gasteiger partial charge in [-0.25, -0.2) is 0 Å². The first kappa shape index (κ1) is 15.1. The molecule has 0 aliphatic heterocycles. The molecule has 2 aromatic rings. The molecular formula is C16H15ClN2O2. The molecule has 0 aliphatic rings. The number of nitrogens with zero attached hydrogens (tertiary/aromatic N) is 1. The molecule has 0 atom stereocenters. The van der Waals surface area contributed by atoms with Crippen LogP contribution in [-0.2, 0) is 4.79 Å². The quantitative estimate of drug-likeness (QED) is 0.942. The lowest BCUT2D eigenvalue weighted by atomic mass is 10.2. The number of carbonyl (C=O) groups is 2. The van der Waals surface area contributed by atoms with Gasteiger partial charge in [0.05, 0.1) is 0 Å². The van der Waals surface area contributed by atoms with Crippen molar-refractivity contribution in [3.63, 3.8) is 0 Å². The summed E-state index contributed by atoms with van der Waals surface area (Å²) < 4.78 is 0. The third-order valence-corrected chi connectivity index (χ3v) is 3.29. The van der Waals surface area contributed by atoms with Crippen LogP contribution in [0.2, 0.25) is 5.02 Å². The number of hydrogen-bond acceptors (Lipinski definition) is 2. The van der Waals surface area contributed by atoms with E-state index in [1.165, 1.54) is 11.8 Å². The van der Waals surface area contributed by atoms with Gasteiger partial charge in [-0.1, -0.05) is 23.7 Å². The molecule has 1 N–H and O–H groups in total. The van der Waals surface area contributed by atoms with Crippen molar-refractivity contribution in [1.29, 1.82) is 0 Å². The van der Waals surface area contributed by atoms with Gasteiger partial charge in [-0.15, -0.1) is 0 Å².